The molecule has 1 saturated carbocycles. The van der Waals surface area contributed by atoms with Crippen molar-refractivity contribution in [2.45, 2.75) is 38.3 Å². The zero-order chi connectivity index (χ0) is 20.4. The van der Waals surface area contributed by atoms with Crippen LogP contribution in [-0.2, 0) is 16.2 Å². The summed E-state index contributed by atoms with van der Waals surface area (Å²) in [6.45, 7) is 0.269. The Morgan fingerprint density at radius 1 is 1.10 bits per heavy atom. The van der Waals surface area contributed by atoms with E-state index in [1.165, 1.54) is 24.3 Å². The predicted molar refractivity (Wildman–Crippen MR) is 102 cm³/mol. The van der Waals surface area contributed by atoms with Crippen molar-refractivity contribution in [1.29, 1.82) is 0 Å². The van der Waals surface area contributed by atoms with Crippen molar-refractivity contribution >= 4 is 11.6 Å². The van der Waals surface area contributed by atoms with E-state index in [2.05, 4.69) is 5.16 Å². The number of carbonyl (C=O) groups excluding carboxylic acids is 1. The lowest BCUT2D eigenvalue weighted by Crippen LogP contribution is -2.42. The molecule has 0 saturated heterocycles. The van der Waals surface area contributed by atoms with E-state index in [1.54, 1.807) is 17.0 Å². The average Bonchev–Trinajstić information content (AvgIpc) is 3.10. The van der Waals surface area contributed by atoms with Crippen LogP contribution in [0.4, 0.5) is 13.2 Å². The Morgan fingerprint density at radius 2 is 1.90 bits per heavy atom. The minimum atomic E-state index is -0.680. The van der Waals surface area contributed by atoms with Crippen LogP contribution in [0.2, 0.25) is 0 Å². The summed E-state index contributed by atoms with van der Waals surface area (Å²) in [5.74, 6) is -1.82. The van der Waals surface area contributed by atoms with Gasteiger partial charge in [0.25, 0.3) is 0 Å². The summed E-state index contributed by atoms with van der Waals surface area (Å²) in [7, 11) is 0. The summed E-state index contributed by atoms with van der Waals surface area (Å²) in [4.78, 5) is 19.9. The Bertz CT molecular complexity index is 943. The number of benzene rings is 2. The van der Waals surface area contributed by atoms with Gasteiger partial charge >= 0.3 is 0 Å². The van der Waals surface area contributed by atoms with E-state index < -0.39 is 17.7 Å². The quantitative estimate of drug-likeness (QED) is 0.718. The molecule has 1 unspecified atom stereocenters. The Kier molecular flexibility index (Phi) is 5.56. The largest absolute Gasteiger partial charge is 0.390 e. The van der Waals surface area contributed by atoms with E-state index >= 15 is 0 Å². The highest BCUT2D eigenvalue weighted by Gasteiger charge is 2.33. The fourth-order valence-corrected chi connectivity index (χ4v) is 3.61. The molecule has 4 rings (SSSR count). The summed E-state index contributed by atoms with van der Waals surface area (Å²) in [5, 5.41) is 4.04. The average molecular weight is 402 g/mol. The molecular weight excluding hydrogens is 381 g/mol. The number of halogens is 3. The summed E-state index contributed by atoms with van der Waals surface area (Å²) in [6, 6.07) is 9.45. The maximum atomic E-state index is 14.1. The lowest BCUT2D eigenvalue weighted by molar-refractivity contribution is -0.140. The van der Waals surface area contributed by atoms with Crippen molar-refractivity contribution in [2.75, 3.05) is 6.54 Å². The summed E-state index contributed by atoms with van der Waals surface area (Å²) >= 11 is 0. The fraction of sp³-hybridized carbons (Fsp3) is 0.364. The van der Waals surface area contributed by atoms with Crippen molar-refractivity contribution in [3.63, 3.8) is 0 Å². The molecule has 0 radical (unpaired) electrons. The molecule has 29 heavy (non-hydrogen) atoms. The second-order valence-electron chi connectivity index (χ2n) is 7.56. The van der Waals surface area contributed by atoms with Crippen molar-refractivity contribution in [3.05, 3.63) is 71.0 Å². The van der Waals surface area contributed by atoms with Gasteiger partial charge in [-0.1, -0.05) is 29.8 Å². The predicted octanol–water partition coefficient (Wildman–Crippen LogP) is 4.43. The molecule has 7 heteroatoms. The third kappa shape index (κ3) is 4.44. The lowest BCUT2D eigenvalue weighted by Gasteiger charge is -2.32. The molecule has 1 atom stereocenters. The number of carbonyl (C=O) groups is 1. The van der Waals surface area contributed by atoms with Gasteiger partial charge in [-0.2, -0.15) is 0 Å². The highest BCUT2D eigenvalue weighted by atomic mass is 19.1. The molecule has 152 valence electrons. The molecule has 1 heterocycles. The summed E-state index contributed by atoms with van der Waals surface area (Å²) < 4.78 is 40.8. The third-order valence-corrected chi connectivity index (χ3v) is 5.46. The molecule has 0 N–H and O–H groups in total. The summed E-state index contributed by atoms with van der Waals surface area (Å²) in [6.07, 6.45) is 2.65. The van der Waals surface area contributed by atoms with E-state index in [1.807, 2.05) is 0 Å². The standard InChI is InChI=1S/C22H21F3N2O2/c23-17-6-2-5-15(9-17)21-11-19(29-26-21)13-27(22(28)14-3-1-4-14)12-16-7-8-18(24)10-20(16)25/h2,5-10,14,19H,1,3-4,11-13H2. The molecule has 1 fully saturated rings. The molecular formula is C22H21F3N2O2. The number of nitrogens with zero attached hydrogens (tertiary/aromatic N) is 2. The van der Waals surface area contributed by atoms with Crippen LogP contribution in [0.15, 0.2) is 47.6 Å². The van der Waals surface area contributed by atoms with Crippen LogP contribution in [-0.4, -0.2) is 29.2 Å². The SMILES string of the molecule is O=C(C1CCC1)N(Cc1ccc(F)cc1F)CC1CC(c2cccc(F)c2)=NO1. The minimum absolute atomic E-state index is 0.0383. The molecule has 2 aliphatic rings. The maximum absolute atomic E-state index is 14.1. The normalized spacial score (nSPS) is 18.7. The van der Waals surface area contributed by atoms with Crippen LogP contribution in [0, 0.1) is 23.4 Å². The van der Waals surface area contributed by atoms with E-state index in [0.717, 1.165) is 25.3 Å². The van der Waals surface area contributed by atoms with Crippen LogP contribution in [0.25, 0.3) is 0 Å². The van der Waals surface area contributed by atoms with Gasteiger partial charge in [0.05, 0.1) is 12.3 Å². The number of oxime groups is 1. The minimum Gasteiger partial charge on any atom is -0.390 e. The summed E-state index contributed by atoms with van der Waals surface area (Å²) in [5.41, 5.74) is 1.50. The Morgan fingerprint density at radius 3 is 2.59 bits per heavy atom. The van der Waals surface area contributed by atoms with Crippen molar-refractivity contribution in [3.8, 4) is 0 Å². The van der Waals surface area contributed by atoms with Gasteiger partial charge in [0.15, 0.2) is 6.10 Å². The van der Waals surface area contributed by atoms with Crippen LogP contribution < -0.4 is 0 Å². The van der Waals surface area contributed by atoms with Gasteiger partial charge in [-0.05, 0) is 31.0 Å². The molecule has 1 aliphatic heterocycles. The van der Waals surface area contributed by atoms with Gasteiger partial charge in [-0.15, -0.1) is 0 Å². The van der Waals surface area contributed by atoms with Gasteiger partial charge in [-0.25, -0.2) is 13.2 Å². The van der Waals surface area contributed by atoms with Gasteiger partial charge in [0.2, 0.25) is 5.91 Å². The Hall–Kier alpha value is -2.83. The van der Waals surface area contributed by atoms with E-state index in [4.69, 9.17) is 4.84 Å². The first-order valence-corrected chi connectivity index (χ1v) is 9.71. The molecule has 2 aromatic rings. The molecule has 0 spiro atoms. The topological polar surface area (TPSA) is 41.9 Å². The van der Waals surface area contributed by atoms with E-state index in [-0.39, 0.29) is 36.3 Å². The van der Waals surface area contributed by atoms with Gasteiger partial charge < -0.3 is 9.74 Å². The van der Waals surface area contributed by atoms with Crippen LogP contribution in [0.3, 0.4) is 0 Å². The highest BCUT2D eigenvalue weighted by molar-refractivity contribution is 6.01. The smallest absolute Gasteiger partial charge is 0.226 e. The Balaban J connectivity index is 1.46. The van der Waals surface area contributed by atoms with Gasteiger partial charge in [0, 0.05) is 36.1 Å². The second-order valence-corrected chi connectivity index (χ2v) is 7.56. The van der Waals surface area contributed by atoms with E-state index in [0.29, 0.717) is 17.7 Å². The first-order valence-electron chi connectivity index (χ1n) is 9.71. The van der Waals surface area contributed by atoms with Gasteiger partial charge in [0.1, 0.15) is 17.5 Å². The monoisotopic (exact) mass is 402 g/mol. The fourth-order valence-electron chi connectivity index (χ4n) is 3.61. The maximum Gasteiger partial charge on any atom is 0.226 e. The molecule has 0 aromatic heterocycles. The molecule has 1 amide bonds. The zero-order valence-electron chi connectivity index (χ0n) is 15.8. The highest BCUT2D eigenvalue weighted by Crippen LogP contribution is 2.30. The number of hydrogen-bond acceptors (Lipinski definition) is 3. The Labute approximate surface area is 167 Å². The second kappa shape index (κ2) is 8.27. The first-order chi connectivity index (χ1) is 14.0. The molecule has 4 nitrogen and oxygen atoms in total. The van der Waals surface area contributed by atoms with Crippen molar-refractivity contribution < 1.29 is 22.8 Å². The zero-order valence-corrected chi connectivity index (χ0v) is 15.8. The first kappa shape index (κ1) is 19.5. The number of rotatable bonds is 6. The number of amides is 1. The lowest BCUT2D eigenvalue weighted by atomic mass is 9.84. The van der Waals surface area contributed by atoms with Gasteiger partial charge in [-0.3, -0.25) is 4.79 Å². The van der Waals surface area contributed by atoms with Crippen molar-refractivity contribution in [1.82, 2.24) is 4.90 Å². The van der Waals surface area contributed by atoms with Crippen molar-refractivity contribution in [2.24, 2.45) is 11.1 Å². The third-order valence-electron chi connectivity index (χ3n) is 5.46. The van der Waals surface area contributed by atoms with Crippen LogP contribution >= 0.6 is 0 Å². The van der Waals surface area contributed by atoms with Crippen LogP contribution in [0.5, 0.6) is 0 Å². The van der Waals surface area contributed by atoms with Crippen LogP contribution in [0.1, 0.15) is 36.8 Å². The molecule has 2 aromatic carbocycles. The van der Waals surface area contributed by atoms with E-state index in [9.17, 15) is 18.0 Å². The molecule has 0 bridgehead atoms. The number of hydrogen-bond donors (Lipinski definition) is 0. The molecule has 1 aliphatic carbocycles.